The van der Waals surface area contributed by atoms with Gasteiger partial charge >= 0.3 is 0 Å². The van der Waals surface area contributed by atoms with Crippen molar-refractivity contribution in [2.75, 3.05) is 5.32 Å². The lowest BCUT2D eigenvalue weighted by molar-refractivity contribution is -0.384. The Morgan fingerprint density at radius 2 is 2.24 bits per heavy atom. The lowest BCUT2D eigenvalue weighted by Gasteiger charge is -2.23. The van der Waals surface area contributed by atoms with Gasteiger partial charge in [-0.3, -0.25) is 19.7 Å². The molecule has 1 aromatic carbocycles. The maximum Gasteiger partial charge on any atom is 0.269 e. The highest BCUT2D eigenvalue weighted by molar-refractivity contribution is 6.01. The van der Waals surface area contributed by atoms with E-state index in [9.17, 15) is 19.7 Å². The van der Waals surface area contributed by atoms with Gasteiger partial charge in [-0.25, -0.2) is 0 Å². The summed E-state index contributed by atoms with van der Waals surface area (Å²) < 4.78 is 0. The Hall–Kier alpha value is -2.24. The predicted molar refractivity (Wildman–Crippen MR) is 59.8 cm³/mol. The molecule has 1 amide bonds. The summed E-state index contributed by atoms with van der Waals surface area (Å²) in [5.74, 6) is -0.994. The third-order valence-electron chi connectivity index (χ3n) is 2.78. The van der Waals surface area contributed by atoms with E-state index in [0.717, 1.165) is 0 Å². The molecule has 0 saturated carbocycles. The van der Waals surface area contributed by atoms with Gasteiger partial charge in [-0.15, -0.1) is 0 Å². The van der Waals surface area contributed by atoms with Gasteiger partial charge < -0.3 is 5.32 Å². The molecule has 0 bridgehead atoms. The molecule has 0 saturated heterocycles. The number of nitro benzene ring substituents is 1. The first-order valence-corrected chi connectivity index (χ1v) is 5.07. The van der Waals surface area contributed by atoms with Crippen LogP contribution in [-0.4, -0.2) is 16.6 Å². The van der Waals surface area contributed by atoms with Gasteiger partial charge in [0.2, 0.25) is 5.91 Å². The number of nitrogens with one attached hydrogen (secondary N) is 1. The van der Waals surface area contributed by atoms with Crippen LogP contribution in [0.2, 0.25) is 0 Å². The van der Waals surface area contributed by atoms with Crippen LogP contribution in [0.25, 0.3) is 0 Å². The van der Waals surface area contributed by atoms with Crippen LogP contribution < -0.4 is 5.32 Å². The van der Waals surface area contributed by atoms with Crippen LogP contribution in [0.3, 0.4) is 0 Å². The van der Waals surface area contributed by atoms with E-state index in [0.29, 0.717) is 11.3 Å². The Bertz CT molecular complexity index is 524. The molecular weight excluding hydrogens is 224 g/mol. The van der Waals surface area contributed by atoms with Gasteiger partial charge in [0, 0.05) is 24.2 Å². The number of amides is 1. The smallest absolute Gasteiger partial charge is 0.269 e. The summed E-state index contributed by atoms with van der Waals surface area (Å²) >= 11 is 0. The minimum Gasteiger partial charge on any atom is -0.326 e. The fraction of sp³-hybridized carbons (Fsp3) is 0.273. The van der Waals surface area contributed by atoms with Crippen molar-refractivity contribution in [1.82, 2.24) is 0 Å². The molecule has 1 aliphatic heterocycles. The van der Waals surface area contributed by atoms with E-state index in [1.807, 2.05) is 0 Å². The average Bonchev–Trinajstić information content (AvgIpc) is 2.26. The zero-order chi connectivity index (χ0) is 12.6. The third kappa shape index (κ3) is 2.01. The van der Waals surface area contributed by atoms with E-state index >= 15 is 0 Å². The summed E-state index contributed by atoms with van der Waals surface area (Å²) in [6, 6.07) is 4.11. The van der Waals surface area contributed by atoms with Crippen LogP contribution in [0.1, 0.15) is 24.8 Å². The first-order valence-electron chi connectivity index (χ1n) is 5.07. The van der Waals surface area contributed by atoms with Gasteiger partial charge in [0.05, 0.1) is 10.8 Å². The molecule has 0 radical (unpaired) electrons. The zero-order valence-corrected chi connectivity index (χ0v) is 9.10. The summed E-state index contributed by atoms with van der Waals surface area (Å²) in [6.45, 7) is 1.38. The number of carbonyl (C=O) groups is 2. The molecule has 0 aromatic heterocycles. The lowest BCUT2D eigenvalue weighted by atomic mass is 9.87. The molecular formula is C11H10N2O4. The molecule has 2 rings (SSSR count). The topological polar surface area (TPSA) is 89.3 Å². The van der Waals surface area contributed by atoms with Gasteiger partial charge in [-0.05, 0) is 18.6 Å². The Labute approximate surface area is 96.8 Å². The molecule has 6 nitrogen and oxygen atoms in total. The quantitative estimate of drug-likeness (QED) is 0.621. The molecule has 0 aliphatic carbocycles. The highest BCUT2D eigenvalue weighted by Crippen LogP contribution is 2.35. The van der Waals surface area contributed by atoms with E-state index in [1.54, 1.807) is 0 Å². The van der Waals surface area contributed by atoms with Crippen molar-refractivity contribution in [3.8, 4) is 0 Å². The molecule has 1 atom stereocenters. The summed E-state index contributed by atoms with van der Waals surface area (Å²) in [5, 5.41) is 13.3. The van der Waals surface area contributed by atoms with E-state index in [4.69, 9.17) is 0 Å². The lowest BCUT2D eigenvalue weighted by Crippen LogP contribution is -2.26. The predicted octanol–water partition coefficient (Wildman–Crippen LogP) is 1.61. The first kappa shape index (κ1) is 11.3. The van der Waals surface area contributed by atoms with Gasteiger partial charge in [0.15, 0.2) is 0 Å². The molecule has 1 unspecified atom stereocenters. The molecule has 1 heterocycles. The molecule has 17 heavy (non-hydrogen) atoms. The van der Waals surface area contributed by atoms with Crippen LogP contribution in [-0.2, 0) is 9.59 Å². The number of hydrogen-bond acceptors (Lipinski definition) is 4. The van der Waals surface area contributed by atoms with E-state index in [-0.39, 0.29) is 23.8 Å². The van der Waals surface area contributed by atoms with Crippen molar-refractivity contribution in [1.29, 1.82) is 0 Å². The molecule has 1 aromatic rings. The molecule has 88 valence electrons. The molecule has 6 heteroatoms. The van der Waals surface area contributed by atoms with Gasteiger partial charge in [0.1, 0.15) is 5.78 Å². The zero-order valence-electron chi connectivity index (χ0n) is 9.10. The number of non-ortho nitro benzene ring substituents is 1. The van der Waals surface area contributed by atoms with Crippen LogP contribution in [0.5, 0.6) is 0 Å². The number of rotatable bonds is 2. The molecule has 1 aliphatic rings. The van der Waals surface area contributed by atoms with Crippen LogP contribution in [0.15, 0.2) is 18.2 Å². The van der Waals surface area contributed by atoms with Crippen molar-refractivity contribution in [3.05, 3.63) is 33.9 Å². The average molecular weight is 234 g/mol. The SMILES string of the molecule is CC(=O)C1CC(=O)Nc2ccc([N+](=O)[O-])cc21. The normalized spacial score (nSPS) is 18.2. The largest absolute Gasteiger partial charge is 0.326 e. The number of anilines is 1. The molecule has 1 N–H and O–H groups in total. The third-order valence-corrected chi connectivity index (χ3v) is 2.78. The van der Waals surface area contributed by atoms with E-state index in [2.05, 4.69) is 5.32 Å². The molecule has 0 spiro atoms. The number of Topliss-reactive ketones (excluding diaryl/α,β-unsaturated/α-hetero) is 1. The number of nitro groups is 1. The minimum atomic E-state index is -0.585. The van der Waals surface area contributed by atoms with Gasteiger partial charge in [-0.2, -0.15) is 0 Å². The number of fused-ring (bicyclic) bond motifs is 1. The summed E-state index contributed by atoms with van der Waals surface area (Å²) in [7, 11) is 0. The van der Waals surface area contributed by atoms with Crippen molar-refractivity contribution < 1.29 is 14.5 Å². The van der Waals surface area contributed by atoms with Crippen molar-refractivity contribution in [2.24, 2.45) is 0 Å². The minimum absolute atomic E-state index is 0.0451. The summed E-state index contributed by atoms with van der Waals surface area (Å²) in [4.78, 5) is 32.9. The summed E-state index contributed by atoms with van der Waals surface area (Å²) in [5.41, 5.74) is 0.921. The number of nitrogens with zero attached hydrogens (tertiary/aromatic N) is 1. The maximum atomic E-state index is 11.4. The van der Waals surface area contributed by atoms with Crippen LogP contribution in [0.4, 0.5) is 11.4 Å². The summed E-state index contributed by atoms with van der Waals surface area (Å²) in [6.07, 6.45) is 0.0451. The second-order valence-electron chi connectivity index (χ2n) is 3.94. The van der Waals surface area contributed by atoms with Crippen LogP contribution >= 0.6 is 0 Å². The number of carbonyl (C=O) groups excluding carboxylic acids is 2. The van der Waals surface area contributed by atoms with E-state index < -0.39 is 10.8 Å². The number of ketones is 1. The highest BCUT2D eigenvalue weighted by atomic mass is 16.6. The maximum absolute atomic E-state index is 11.4. The van der Waals surface area contributed by atoms with Gasteiger partial charge in [-0.1, -0.05) is 0 Å². The fourth-order valence-corrected chi connectivity index (χ4v) is 1.93. The fourth-order valence-electron chi connectivity index (χ4n) is 1.93. The Morgan fingerprint density at radius 1 is 1.53 bits per heavy atom. The number of hydrogen-bond donors (Lipinski definition) is 1. The Kier molecular flexibility index (Phi) is 2.63. The van der Waals surface area contributed by atoms with Crippen LogP contribution in [0, 0.1) is 10.1 Å². The molecule has 0 fully saturated rings. The first-order chi connectivity index (χ1) is 7.99. The Morgan fingerprint density at radius 3 is 2.82 bits per heavy atom. The Balaban J connectivity index is 2.53. The van der Waals surface area contributed by atoms with E-state index in [1.165, 1.54) is 25.1 Å². The number of benzene rings is 1. The second kappa shape index (κ2) is 3.97. The van der Waals surface area contributed by atoms with Gasteiger partial charge in [0.25, 0.3) is 5.69 Å². The monoisotopic (exact) mass is 234 g/mol. The van der Waals surface area contributed by atoms with Crippen molar-refractivity contribution in [2.45, 2.75) is 19.3 Å². The second-order valence-corrected chi connectivity index (χ2v) is 3.94. The van der Waals surface area contributed by atoms with Crippen molar-refractivity contribution in [3.63, 3.8) is 0 Å². The standard InChI is InChI=1S/C11H10N2O4/c1-6(14)8-5-11(15)12-10-3-2-7(13(16)17)4-9(8)10/h2-4,8H,5H2,1H3,(H,12,15). The highest BCUT2D eigenvalue weighted by Gasteiger charge is 2.29. The van der Waals surface area contributed by atoms with Crippen molar-refractivity contribution >= 4 is 23.1 Å².